The van der Waals surface area contributed by atoms with E-state index in [1.54, 1.807) is 111 Å². The van der Waals surface area contributed by atoms with Crippen molar-refractivity contribution in [3.05, 3.63) is 107 Å². The molecule has 4 N–H and O–H groups in total. The SMILES string of the molecule is CCOC(=O)C1=NN(c2ccccc2)C(=O)C1NNc1ccc(-c2ccc(NNC3C(=O)N(c4ccccc4)N=C3C(=O)OCC)c(Cl)c2)cc1Cl. The number of nitrogens with zero attached hydrogens (tertiary/aromatic N) is 4. The van der Waals surface area contributed by atoms with Crippen molar-refractivity contribution in [2.24, 2.45) is 10.2 Å². The van der Waals surface area contributed by atoms with Gasteiger partial charge in [-0.05, 0) is 73.5 Å². The van der Waals surface area contributed by atoms with E-state index in [9.17, 15) is 19.2 Å². The van der Waals surface area contributed by atoms with Gasteiger partial charge in [-0.1, -0.05) is 71.7 Å². The smallest absolute Gasteiger partial charge is 0.356 e. The van der Waals surface area contributed by atoms with E-state index in [0.717, 1.165) is 21.1 Å². The van der Waals surface area contributed by atoms with Gasteiger partial charge < -0.3 is 20.3 Å². The van der Waals surface area contributed by atoms with Gasteiger partial charge in [-0.15, -0.1) is 0 Å². The van der Waals surface area contributed by atoms with E-state index in [0.29, 0.717) is 32.8 Å². The van der Waals surface area contributed by atoms with Gasteiger partial charge >= 0.3 is 11.9 Å². The molecule has 0 saturated heterocycles. The van der Waals surface area contributed by atoms with Crippen LogP contribution in [0.25, 0.3) is 11.1 Å². The summed E-state index contributed by atoms with van der Waals surface area (Å²) >= 11 is 13.3. The van der Waals surface area contributed by atoms with Crippen molar-refractivity contribution >= 4 is 81.1 Å². The minimum absolute atomic E-state index is 0.107. The quantitative estimate of drug-likeness (QED) is 0.106. The van der Waals surface area contributed by atoms with Crippen LogP contribution in [0, 0.1) is 0 Å². The first-order valence-corrected chi connectivity index (χ1v) is 16.9. The van der Waals surface area contributed by atoms with Crippen LogP contribution in [0.4, 0.5) is 22.7 Å². The van der Waals surface area contributed by atoms with Gasteiger partial charge in [-0.2, -0.15) is 20.2 Å². The first kappa shape index (κ1) is 36.0. The van der Waals surface area contributed by atoms with Crippen molar-refractivity contribution in [1.29, 1.82) is 0 Å². The lowest BCUT2D eigenvalue weighted by atomic mass is 10.0. The summed E-state index contributed by atoms with van der Waals surface area (Å²) in [6, 6.07) is 25.5. The van der Waals surface area contributed by atoms with Gasteiger partial charge in [0.2, 0.25) is 0 Å². The number of halogens is 2. The average Bonchev–Trinajstić information content (AvgIpc) is 3.67. The van der Waals surface area contributed by atoms with Crippen LogP contribution < -0.4 is 31.7 Å². The molecule has 2 amide bonds. The summed E-state index contributed by atoms with van der Waals surface area (Å²) < 4.78 is 10.3. The van der Waals surface area contributed by atoms with Crippen LogP contribution in [-0.4, -0.2) is 60.5 Å². The molecule has 2 heterocycles. The number of anilines is 4. The van der Waals surface area contributed by atoms with Crippen molar-refractivity contribution in [2.75, 3.05) is 34.1 Å². The van der Waals surface area contributed by atoms with Gasteiger partial charge in [-0.25, -0.2) is 20.4 Å². The van der Waals surface area contributed by atoms with Crippen LogP contribution in [0.3, 0.4) is 0 Å². The molecule has 266 valence electrons. The lowest BCUT2D eigenvalue weighted by Crippen LogP contribution is -2.48. The standard InChI is InChI=1S/C36H32Cl2N8O6/c1-3-51-35(49)31-29(33(47)45(43-31)23-11-7-5-8-12-23)41-39-27-17-15-21(19-25(27)37)22-16-18-28(26(38)20-22)40-42-30-32(36(50)52-4-2)44-46(34(30)48)24-13-9-6-10-14-24/h5-20,29-30,39-42H,3-4H2,1-2H3. The maximum absolute atomic E-state index is 13.3. The van der Waals surface area contributed by atoms with Crippen molar-refractivity contribution < 1.29 is 28.7 Å². The van der Waals surface area contributed by atoms with Crippen LogP contribution >= 0.6 is 23.2 Å². The predicted octanol–water partition coefficient (Wildman–Crippen LogP) is 5.16. The minimum Gasteiger partial charge on any atom is -0.461 e. The van der Waals surface area contributed by atoms with Gasteiger partial charge in [-0.3, -0.25) is 9.59 Å². The molecule has 14 nitrogen and oxygen atoms in total. The number of rotatable bonds is 13. The van der Waals surface area contributed by atoms with Gasteiger partial charge in [0.05, 0.1) is 46.0 Å². The molecule has 0 fully saturated rings. The molecule has 4 aromatic carbocycles. The zero-order valence-electron chi connectivity index (χ0n) is 27.8. The molecule has 52 heavy (non-hydrogen) atoms. The van der Waals surface area contributed by atoms with Crippen molar-refractivity contribution in [1.82, 2.24) is 10.9 Å². The maximum Gasteiger partial charge on any atom is 0.356 e. The first-order valence-electron chi connectivity index (χ1n) is 16.1. The topological polar surface area (TPSA) is 166 Å². The van der Waals surface area contributed by atoms with Crippen LogP contribution in [0.5, 0.6) is 0 Å². The van der Waals surface area contributed by atoms with Gasteiger partial charge in [0.15, 0.2) is 23.5 Å². The fraction of sp³-hybridized carbons (Fsp3) is 0.167. The van der Waals surface area contributed by atoms with Gasteiger partial charge in [0, 0.05) is 0 Å². The first-order chi connectivity index (χ1) is 25.2. The monoisotopic (exact) mass is 742 g/mol. The number of hydrazine groups is 2. The minimum atomic E-state index is -1.15. The highest BCUT2D eigenvalue weighted by molar-refractivity contribution is 6.46. The third-order valence-corrected chi connectivity index (χ3v) is 8.44. The lowest BCUT2D eigenvalue weighted by molar-refractivity contribution is -0.136. The highest BCUT2D eigenvalue weighted by atomic mass is 35.5. The van der Waals surface area contributed by atoms with Gasteiger partial charge in [0.25, 0.3) is 11.8 Å². The number of amides is 2. The molecular weight excluding hydrogens is 711 g/mol. The van der Waals surface area contributed by atoms with E-state index in [2.05, 4.69) is 31.9 Å². The summed E-state index contributed by atoms with van der Waals surface area (Å²) in [6.07, 6.45) is 0. The molecule has 0 saturated carbocycles. The number of para-hydroxylation sites is 2. The molecule has 2 aliphatic rings. The molecule has 0 aliphatic carbocycles. The van der Waals surface area contributed by atoms with E-state index in [1.165, 1.54) is 0 Å². The Morgan fingerprint density at radius 1 is 0.635 bits per heavy atom. The maximum atomic E-state index is 13.3. The van der Waals surface area contributed by atoms with Crippen molar-refractivity contribution in [3.63, 3.8) is 0 Å². The molecule has 4 aromatic rings. The fourth-order valence-electron chi connectivity index (χ4n) is 5.30. The average molecular weight is 744 g/mol. The summed E-state index contributed by atoms with van der Waals surface area (Å²) in [4.78, 5) is 52.0. The van der Waals surface area contributed by atoms with Crippen molar-refractivity contribution in [3.8, 4) is 11.1 Å². The molecule has 6 rings (SSSR count). The third-order valence-electron chi connectivity index (χ3n) is 7.82. The zero-order chi connectivity index (χ0) is 36.8. The number of benzene rings is 4. The Kier molecular flexibility index (Phi) is 11.1. The Morgan fingerprint density at radius 2 is 1.02 bits per heavy atom. The number of hydrazone groups is 2. The van der Waals surface area contributed by atoms with Gasteiger partial charge in [0.1, 0.15) is 0 Å². The van der Waals surface area contributed by atoms with E-state index < -0.39 is 35.8 Å². The Hall–Kier alpha value is -5.80. The molecule has 0 aromatic heterocycles. The van der Waals surface area contributed by atoms with E-state index in [4.69, 9.17) is 32.7 Å². The highest BCUT2D eigenvalue weighted by Gasteiger charge is 2.42. The van der Waals surface area contributed by atoms with E-state index >= 15 is 0 Å². The zero-order valence-corrected chi connectivity index (χ0v) is 29.3. The van der Waals surface area contributed by atoms with Crippen LogP contribution in [-0.2, 0) is 28.7 Å². The highest BCUT2D eigenvalue weighted by Crippen LogP contribution is 2.33. The Labute approximate surface area is 308 Å². The number of nitrogens with one attached hydrogen (secondary N) is 4. The van der Waals surface area contributed by atoms with E-state index in [-0.39, 0.29) is 24.6 Å². The molecule has 0 bridgehead atoms. The lowest BCUT2D eigenvalue weighted by Gasteiger charge is -2.18. The molecule has 0 radical (unpaired) electrons. The number of carbonyl (C=O) groups is 4. The van der Waals surface area contributed by atoms with Crippen LogP contribution in [0.2, 0.25) is 10.0 Å². The van der Waals surface area contributed by atoms with Crippen LogP contribution in [0.1, 0.15) is 13.8 Å². The second-order valence-electron chi connectivity index (χ2n) is 11.2. The summed E-state index contributed by atoms with van der Waals surface area (Å²) in [6.45, 7) is 3.55. The second kappa shape index (κ2) is 16.0. The summed E-state index contributed by atoms with van der Waals surface area (Å²) in [5, 5.41) is 11.4. The second-order valence-corrected chi connectivity index (χ2v) is 12.0. The van der Waals surface area contributed by atoms with E-state index in [1.807, 2.05) is 0 Å². The fourth-order valence-corrected chi connectivity index (χ4v) is 5.75. The Morgan fingerprint density at radius 3 is 1.37 bits per heavy atom. The third kappa shape index (κ3) is 7.60. The van der Waals surface area contributed by atoms with Crippen molar-refractivity contribution in [2.45, 2.75) is 25.9 Å². The number of hydrogen-bond acceptors (Lipinski definition) is 12. The Balaban J connectivity index is 1.13. The number of ether oxygens (including phenoxy) is 2. The molecule has 2 atom stereocenters. The molecule has 2 aliphatic heterocycles. The molecule has 2 unspecified atom stereocenters. The summed E-state index contributed by atoms with van der Waals surface area (Å²) in [5.74, 6) is -2.42. The number of carbonyl (C=O) groups excluding carboxylic acids is 4. The number of esters is 2. The predicted molar refractivity (Wildman–Crippen MR) is 199 cm³/mol. The molecule has 0 spiro atoms. The Bertz CT molecular complexity index is 1920. The molecule has 16 heteroatoms. The summed E-state index contributed by atoms with van der Waals surface area (Å²) in [5.41, 5.74) is 14.7. The summed E-state index contributed by atoms with van der Waals surface area (Å²) in [7, 11) is 0. The number of hydrogen-bond donors (Lipinski definition) is 4. The molecular formula is C36H32Cl2N8O6. The largest absolute Gasteiger partial charge is 0.461 e. The van der Waals surface area contributed by atoms with Crippen LogP contribution in [0.15, 0.2) is 107 Å². The normalized spacial score (nSPS) is 16.8.